The molecule has 0 aliphatic carbocycles. The molecule has 1 amide bonds. The summed E-state index contributed by atoms with van der Waals surface area (Å²) in [5.74, 6) is 0.934. The van der Waals surface area contributed by atoms with Gasteiger partial charge in [-0.05, 0) is 64.1 Å². The number of rotatable bonds is 7. The van der Waals surface area contributed by atoms with Crippen molar-refractivity contribution in [3.8, 4) is 0 Å². The van der Waals surface area contributed by atoms with Crippen molar-refractivity contribution in [3.05, 3.63) is 71.0 Å². The van der Waals surface area contributed by atoms with Crippen LogP contribution in [0, 0.1) is 5.82 Å². The van der Waals surface area contributed by atoms with Crippen molar-refractivity contribution in [1.29, 1.82) is 0 Å². The molecule has 0 saturated carbocycles. The molecule has 0 unspecified atom stereocenters. The van der Waals surface area contributed by atoms with Gasteiger partial charge in [0.05, 0.1) is 18.8 Å². The number of thioether (sulfide) groups is 1. The van der Waals surface area contributed by atoms with Gasteiger partial charge in [-0.1, -0.05) is 36.4 Å². The van der Waals surface area contributed by atoms with E-state index in [-0.39, 0.29) is 11.9 Å². The van der Waals surface area contributed by atoms with E-state index in [1.165, 1.54) is 36.3 Å². The zero-order valence-corrected chi connectivity index (χ0v) is 22.0. The maximum Gasteiger partial charge on any atom is 0.210 e. The summed E-state index contributed by atoms with van der Waals surface area (Å²) in [5, 5.41) is 0.734. The number of ether oxygens (including phenoxy) is 1. The number of hydrogen-bond acceptors (Lipinski definition) is 5. The first kappa shape index (κ1) is 25.8. The smallest absolute Gasteiger partial charge is 0.210 e. The van der Waals surface area contributed by atoms with Crippen molar-refractivity contribution in [2.45, 2.75) is 43.6 Å². The number of benzene rings is 2. The average Bonchev–Trinajstić information content (AvgIpc) is 2.83. The van der Waals surface area contributed by atoms with E-state index in [4.69, 9.17) is 4.74 Å². The van der Waals surface area contributed by atoms with Crippen LogP contribution in [0.5, 0.6) is 0 Å². The van der Waals surface area contributed by atoms with Crippen LogP contribution in [0.15, 0.2) is 48.5 Å². The molecule has 2 aliphatic rings. The quantitative estimate of drug-likeness (QED) is 0.192. The average molecular weight is 589 g/mol. The van der Waals surface area contributed by atoms with E-state index in [1.54, 1.807) is 26.2 Å². The molecule has 4 nitrogen and oxygen atoms in total. The zero-order valence-electron chi connectivity index (χ0n) is 18.2. The first-order valence-electron chi connectivity index (χ1n) is 10.9. The molecule has 0 radical (unpaired) electrons. The zero-order chi connectivity index (χ0) is 22.8. The number of nitrogens with zero attached hydrogens (tertiary/aromatic N) is 1. The van der Waals surface area contributed by atoms with Crippen molar-refractivity contribution in [1.82, 2.24) is 9.62 Å². The molecule has 0 aromatic heterocycles. The molecule has 174 valence electrons. The molecule has 32 heavy (non-hydrogen) atoms. The SMILES string of the molecule is C[C@H]1CC[C@@H](SCCNSI)CO1.O=CN1CCc2ccccc2[C@@H]1c1ccc(F)cc1. The second kappa shape index (κ2) is 13.8. The fraction of sp³-hybridized carbons (Fsp3) is 0.458. The third-order valence-electron chi connectivity index (χ3n) is 5.72. The minimum atomic E-state index is -0.259. The Morgan fingerprint density at radius 1 is 1.22 bits per heavy atom. The van der Waals surface area contributed by atoms with E-state index in [2.05, 4.69) is 38.9 Å². The van der Waals surface area contributed by atoms with Gasteiger partial charge in [0.25, 0.3) is 0 Å². The summed E-state index contributed by atoms with van der Waals surface area (Å²) in [6.45, 7) is 4.89. The highest BCUT2D eigenvalue weighted by Gasteiger charge is 2.27. The first-order chi connectivity index (χ1) is 15.6. The van der Waals surface area contributed by atoms with E-state index in [0.717, 1.165) is 42.4 Å². The lowest BCUT2D eigenvalue weighted by molar-refractivity contribution is -0.119. The molecule has 2 aromatic rings. The van der Waals surface area contributed by atoms with Crippen molar-refractivity contribution in [2.24, 2.45) is 0 Å². The highest BCUT2D eigenvalue weighted by molar-refractivity contribution is 14.2. The standard InChI is InChI=1S/C16H14FNO.C8H16INOS2/c17-14-7-5-13(6-8-14)16-15-4-2-1-3-12(15)9-10-18(16)11-19;1-7-2-3-8(6-11-7)12-5-4-10-13-9/h1-8,11,16H,9-10H2;7-8,10H,2-6H2,1H3/t16-;7-,8+/m00/s1. The Labute approximate surface area is 211 Å². The molecule has 0 spiro atoms. The largest absolute Gasteiger partial charge is 0.377 e. The summed E-state index contributed by atoms with van der Waals surface area (Å²) in [5.41, 5.74) is 3.34. The summed E-state index contributed by atoms with van der Waals surface area (Å²) in [7, 11) is 1.66. The molecule has 8 heteroatoms. The fourth-order valence-electron chi connectivity index (χ4n) is 4.01. The van der Waals surface area contributed by atoms with Gasteiger partial charge >= 0.3 is 0 Å². The van der Waals surface area contributed by atoms with Crippen molar-refractivity contribution >= 4 is 48.5 Å². The second-order valence-electron chi connectivity index (χ2n) is 7.93. The van der Waals surface area contributed by atoms with Crippen molar-refractivity contribution in [3.63, 3.8) is 0 Å². The van der Waals surface area contributed by atoms with E-state index < -0.39 is 0 Å². The summed E-state index contributed by atoms with van der Waals surface area (Å²) < 4.78 is 21.9. The summed E-state index contributed by atoms with van der Waals surface area (Å²) in [6.07, 6.45) is 4.78. The van der Waals surface area contributed by atoms with Gasteiger partial charge in [-0.25, -0.2) is 4.39 Å². The van der Waals surface area contributed by atoms with Crippen LogP contribution in [0.1, 0.15) is 42.5 Å². The molecule has 2 aromatic carbocycles. The van der Waals surface area contributed by atoms with Gasteiger partial charge in [0.1, 0.15) is 5.82 Å². The van der Waals surface area contributed by atoms with Crippen LogP contribution in [-0.2, 0) is 16.0 Å². The van der Waals surface area contributed by atoms with Crippen molar-refractivity contribution < 1.29 is 13.9 Å². The van der Waals surface area contributed by atoms with E-state index in [1.807, 2.05) is 30.0 Å². The van der Waals surface area contributed by atoms with Crippen LogP contribution in [0.2, 0.25) is 0 Å². The van der Waals surface area contributed by atoms with Crippen LogP contribution >= 0.6 is 42.1 Å². The molecule has 0 bridgehead atoms. The number of hydrogen-bond donors (Lipinski definition) is 1. The van der Waals surface area contributed by atoms with Gasteiger partial charge in [0, 0.05) is 45.3 Å². The summed E-state index contributed by atoms with van der Waals surface area (Å²) in [6, 6.07) is 14.4. The molecular formula is C24H30FIN2O2S2. The Balaban J connectivity index is 0.000000195. The van der Waals surface area contributed by atoms with Gasteiger partial charge in [-0.3, -0.25) is 9.52 Å². The van der Waals surface area contributed by atoms with Gasteiger partial charge in [-0.15, -0.1) is 0 Å². The Kier molecular flexibility index (Phi) is 11.1. The molecule has 2 heterocycles. The molecular weight excluding hydrogens is 558 g/mol. The molecule has 4 rings (SSSR count). The van der Waals surface area contributed by atoms with E-state index in [0.29, 0.717) is 12.6 Å². The molecule has 3 atom stereocenters. The number of halogens is 2. The minimum Gasteiger partial charge on any atom is -0.377 e. The Morgan fingerprint density at radius 2 is 2.00 bits per heavy atom. The number of fused-ring (bicyclic) bond motifs is 1. The third kappa shape index (κ3) is 7.62. The van der Waals surface area contributed by atoms with Crippen molar-refractivity contribution in [2.75, 3.05) is 25.4 Å². The molecule has 1 saturated heterocycles. The monoisotopic (exact) mass is 588 g/mol. The Morgan fingerprint density at radius 3 is 2.69 bits per heavy atom. The minimum absolute atomic E-state index is 0.108. The maximum absolute atomic E-state index is 13.0. The number of carbonyl (C=O) groups is 1. The van der Waals surface area contributed by atoms with Crippen LogP contribution in [0.3, 0.4) is 0 Å². The molecule has 1 fully saturated rings. The van der Waals surface area contributed by atoms with Crippen LogP contribution in [0.4, 0.5) is 4.39 Å². The van der Waals surface area contributed by atoms with E-state index >= 15 is 0 Å². The summed E-state index contributed by atoms with van der Waals surface area (Å²) >= 11 is 4.29. The molecule has 1 N–H and O–H groups in total. The highest BCUT2D eigenvalue weighted by Crippen LogP contribution is 2.34. The van der Waals surface area contributed by atoms with Gasteiger partial charge in [0.15, 0.2) is 0 Å². The second-order valence-corrected chi connectivity index (χ2v) is 11.1. The van der Waals surface area contributed by atoms with Crippen LogP contribution < -0.4 is 4.72 Å². The van der Waals surface area contributed by atoms with Gasteiger partial charge in [-0.2, -0.15) is 11.8 Å². The van der Waals surface area contributed by atoms with Crippen LogP contribution in [-0.4, -0.2) is 48.1 Å². The van der Waals surface area contributed by atoms with Gasteiger partial charge < -0.3 is 9.64 Å². The van der Waals surface area contributed by atoms with Crippen LogP contribution in [0.25, 0.3) is 0 Å². The topological polar surface area (TPSA) is 41.6 Å². The molecule has 2 aliphatic heterocycles. The van der Waals surface area contributed by atoms with Gasteiger partial charge in [0.2, 0.25) is 6.41 Å². The Hall–Kier alpha value is -0.810. The fourth-order valence-corrected chi connectivity index (χ4v) is 6.01. The predicted octanol–water partition coefficient (Wildman–Crippen LogP) is 5.80. The third-order valence-corrected chi connectivity index (χ3v) is 8.25. The normalized spacial score (nSPS) is 22.5. The lowest BCUT2D eigenvalue weighted by Gasteiger charge is -2.35. The summed E-state index contributed by atoms with van der Waals surface area (Å²) in [4.78, 5) is 13.0. The predicted molar refractivity (Wildman–Crippen MR) is 142 cm³/mol. The highest BCUT2D eigenvalue weighted by atomic mass is 127. The first-order valence-corrected chi connectivity index (χ1v) is 15.3. The Bertz CT molecular complexity index is 835. The number of amides is 1. The number of carbonyl (C=O) groups excluding carboxylic acids is 1. The maximum atomic E-state index is 13.0. The lowest BCUT2D eigenvalue weighted by Crippen LogP contribution is -2.34. The number of nitrogens with one attached hydrogen (secondary N) is 1. The lowest BCUT2D eigenvalue weighted by atomic mass is 9.88. The van der Waals surface area contributed by atoms with E-state index in [9.17, 15) is 9.18 Å².